The summed E-state index contributed by atoms with van der Waals surface area (Å²) in [6, 6.07) is 1.47. The van der Waals surface area contributed by atoms with Crippen molar-refractivity contribution in [1.29, 1.82) is 0 Å². The van der Waals surface area contributed by atoms with E-state index in [-0.39, 0.29) is 17.1 Å². The van der Waals surface area contributed by atoms with Gasteiger partial charge in [0, 0.05) is 24.7 Å². The molecule has 0 spiro atoms. The first-order valence-corrected chi connectivity index (χ1v) is 8.54. The predicted octanol–water partition coefficient (Wildman–Crippen LogP) is 3.32. The molecule has 0 amide bonds. The molecule has 2 heterocycles. The van der Waals surface area contributed by atoms with E-state index in [0.717, 1.165) is 38.2 Å². The van der Waals surface area contributed by atoms with Crippen LogP contribution in [0.2, 0.25) is 0 Å². The molecule has 0 radical (unpaired) electrons. The third kappa shape index (κ3) is 4.25. The zero-order chi connectivity index (χ0) is 17.3. The normalized spacial score (nSPS) is 21.5. The number of nitrogens with one attached hydrogen (secondary N) is 2. The number of hydrogen-bond acceptors (Lipinski definition) is 4. The van der Waals surface area contributed by atoms with Crippen LogP contribution in [-0.4, -0.2) is 33.7 Å². The minimum Gasteiger partial charge on any atom is -0.360 e. The van der Waals surface area contributed by atoms with Crippen LogP contribution < -0.4 is 15.5 Å². The Morgan fingerprint density at radius 2 is 2.00 bits per heavy atom. The highest BCUT2D eigenvalue weighted by Gasteiger charge is 2.35. The van der Waals surface area contributed by atoms with Crippen LogP contribution in [-0.2, 0) is 6.18 Å². The molecule has 0 aromatic carbocycles. The van der Waals surface area contributed by atoms with E-state index >= 15 is 0 Å². The lowest BCUT2D eigenvalue weighted by Crippen LogP contribution is -2.38. The zero-order valence-corrected chi connectivity index (χ0v) is 14.2. The van der Waals surface area contributed by atoms with Crippen LogP contribution >= 0.6 is 12.2 Å². The van der Waals surface area contributed by atoms with Crippen molar-refractivity contribution in [3.05, 3.63) is 11.8 Å². The van der Waals surface area contributed by atoms with Gasteiger partial charge in [0.05, 0.1) is 0 Å². The highest BCUT2D eigenvalue weighted by molar-refractivity contribution is 7.80. The highest BCUT2D eigenvalue weighted by atomic mass is 32.1. The second-order valence-corrected chi connectivity index (χ2v) is 6.75. The molecule has 132 valence electrons. The van der Waals surface area contributed by atoms with Crippen LogP contribution in [0.3, 0.4) is 0 Å². The summed E-state index contributed by atoms with van der Waals surface area (Å²) in [5, 5.41) is 5.96. The van der Waals surface area contributed by atoms with Crippen molar-refractivity contribution >= 4 is 29.1 Å². The van der Waals surface area contributed by atoms with E-state index in [4.69, 9.17) is 12.2 Å². The maximum absolute atomic E-state index is 13.2. The van der Waals surface area contributed by atoms with Gasteiger partial charge in [-0.05, 0) is 51.2 Å². The monoisotopic (exact) mass is 359 g/mol. The summed E-state index contributed by atoms with van der Waals surface area (Å²) in [4.78, 5) is 9.76. The molecule has 1 aliphatic carbocycles. The number of aromatic nitrogens is 2. The van der Waals surface area contributed by atoms with Gasteiger partial charge in [-0.25, -0.2) is 4.98 Å². The summed E-state index contributed by atoms with van der Waals surface area (Å²) in [6.07, 6.45) is 0.466. The fourth-order valence-corrected chi connectivity index (χ4v) is 3.03. The molecule has 24 heavy (non-hydrogen) atoms. The summed E-state index contributed by atoms with van der Waals surface area (Å²) in [5.74, 6) is 0.178. The Morgan fingerprint density at radius 1 is 1.25 bits per heavy atom. The van der Waals surface area contributed by atoms with Gasteiger partial charge in [-0.3, -0.25) is 0 Å². The lowest BCUT2D eigenvalue weighted by Gasteiger charge is -2.34. The maximum atomic E-state index is 13.2. The standard InChI is InChI=1S/C15H20F3N5S/c1-9-4-2-3-7-23(9)12-8-11(15(16,17)18)20-13(21-12)22-14(24)19-10-5-6-10/h8-10H,2-7H2,1H3,(H2,19,20,21,22,24)/t9-/m1/s1. The lowest BCUT2D eigenvalue weighted by molar-refractivity contribution is -0.141. The Labute approximate surface area is 144 Å². The third-order valence-electron chi connectivity index (χ3n) is 4.24. The number of hydrogen-bond donors (Lipinski definition) is 2. The van der Waals surface area contributed by atoms with Gasteiger partial charge in [-0.2, -0.15) is 18.2 Å². The number of halogens is 3. The first-order chi connectivity index (χ1) is 11.3. The number of rotatable bonds is 3. The van der Waals surface area contributed by atoms with E-state index in [1.54, 1.807) is 0 Å². The molecule has 2 aliphatic rings. The number of thiocarbonyl (C=S) groups is 1. The van der Waals surface area contributed by atoms with Gasteiger partial charge in [-0.1, -0.05) is 0 Å². The average Bonchev–Trinajstić information content (AvgIpc) is 3.30. The molecule has 3 rings (SSSR count). The molecule has 1 aromatic heterocycles. The van der Waals surface area contributed by atoms with Crippen molar-refractivity contribution in [1.82, 2.24) is 15.3 Å². The topological polar surface area (TPSA) is 53.1 Å². The Hall–Kier alpha value is -1.64. The van der Waals surface area contributed by atoms with Crippen LogP contribution in [0.15, 0.2) is 6.07 Å². The number of piperidine rings is 1. The molecule has 1 aliphatic heterocycles. The molecule has 1 saturated carbocycles. The predicted molar refractivity (Wildman–Crippen MR) is 90.1 cm³/mol. The van der Waals surface area contributed by atoms with Gasteiger partial charge >= 0.3 is 6.18 Å². The third-order valence-corrected chi connectivity index (χ3v) is 4.46. The summed E-state index contributed by atoms with van der Waals surface area (Å²) < 4.78 is 39.6. The van der Waals surface area contributed by atoms with Crippen LogP contribution in [0.25, 0.3) is 0 Å². The van der Waals surface area contributed by atoms with Crippen molar-refractivity contribution < 1.29 is 13.2 Å². The largest absolute Gasteiger partial charge is 0.433 e. The van der Waals surface area contributed by atoms with Crippen LogP contribution in [0.5, 0.6) is 0 Å². The lowest BCUT2D eigenvalue weighted by atomic mass is 10.0. The van der Waals surface area contributed by atoms with E-state index in [0.29, 0.717) is 18.4 Å². The molecule has 2 N–H and O–H groups in total. The van der Waals surface area contributed by atoms with Crippen molar-refractivity contribution in [2.45, 2.75) is 57.3 Å². The Bertz CT molecular complexity index is 618. The number of nitrogens with zero attached hydrogens (tertiary/aromatic N) is 3. The molecule has 1 aromatic rings. The maximum Gasteiger partial charge on any atom is 0.433 e. The molecule has 5 nitrogen and oxygen atoms in total. The van der Waals surface area contributed by atoms with Gasteiger partial charge in [0.15, 0.2) is 10.8 Å². The van der Waals surface area contributed by atoms with Crippen molar-refractivity contribution in [3.63, 3.8) is 0 Å². The van der Waals surface area contributed by atoms with Gasteiger partial charge in [0.2, 0.25) is 5.95 Å². The van der Waals surface area contributed by atoms with Gasteiger partial charge in [0.1, 0.15) is 5.82 Å². The summed E-state index contributed by atoms with van der Waals surface area (Å²) in [6.45, 7) is 2.70. The fraction of sp³-hybridized carbons (Fsp3) is 0.667. The summed E-state index contributed by atoms with van der Waals surface area (Å²) >= 11 is 5.11. The summed E-state index contributed by atoms with van der Waals surface area (Å²) in [7, 11) is 0. The second-order valence-electron chi connectivity index (χ2n) is 6.34. The van der Waals surface area contributed by atoms with Crippen LogP contribution in [0.1, 0.15) is 44.7 Å². The molecule has 1 atom stereocenters. The molecule has 2 fully saturated rings. The summed E-state index contributed by atoms with van der Waals surface area (Å²) in [5.41, 5.74) is -0.956. The van der Waals surface area contributed by atoms with Gasteiger partial charge < -0.3 is 15.5 Å². The first-order valence-electron chi connectivity index (χ1n) is 8.13. The van der Waals surface area contributed by atoms with E-state index in [1.807, 2.05) is 11.8 Å². The highest BCUT2D eigenvalue weighted by Crippen LogP contribution is 2.32. The minimum atomic E-state index is -4.53. The smallest absolute Gasteiger partial charge is 0.360 e. The molecule has 1 saturated heterocycles. The van der Waals surface area contributed by atoms with Gasteiger partial charge in [0.25, 0.3) is 0 Å². The SMILES string of the molecule is C[C@@H]1CCCCN1c1cc(C(F)(F)F)nc(NC(=S)NC2CC2)n1. The fourth-order valence-electron chi connectivity index (χ4n) is 2.77. The molecule has 0 unspecified atom stereocenters. The van der Waals surface area contributed by atoms with E-state index in [2.05, 4.69) is 20.6 Å². The van der Waals surface area contributed by atoms with Crippen molar-refractivity contribution in [2.75, 3.05) is 16.8 Å². The Morgan fingerprint density at radius 3 is 2.62 bits per heavy atom. The van der Waals surface area contributed by atoms with E-state index in [9.17, 15) is 13.2 Å². The number of alkyl halides is 3. The zero-order valence-electron chi connectivity index (χ0n) is 13.4. The molecular weight excluding hydrogens is 339 g/mol. The molecule has 9 heteroatoms. The van der Waals surface area contributed by atoms with E-state index < -0.39 is 11.9 Å². The second kappa shape index (κ2) is 6.70. The van der Waals surface area contributed by atoms with Gasteiger partial charge in [-0.15, -0.1) is 0 Å². The Kier molecular flexibility index (Phi) is 4.80. The van der Waals surface area contributed by atoms with Crippen molar-refractivity contribution in [3.8, 4) is 0 Å². The Balaban J connectivity index is 1.86. The molecular formula is C15H20F3N5S. The molecule has 0 bridgehead atoms. The van der Waals surface area contributed by atoms with Crippen LogP contribution in [0, 0.1) is 0 Å². The quantitative estimate of drug-likeness (QED) is 0.808. The first kappa shape index (κ1) is 17.2. The van der Waals surface area contributed by atoms with Crippen molar-refractivity contribution in [2.24, 2.45) is 0 Å². The van der Waals surface area contributed by atoms with Crippen LogP contribution in [0.4, 0.5) is 24.9 Å². The average molecular weight is 359 g/mol. The number of anilines is 2. The minimum absolute atomic E-state index is 0.115. The van der Waals surface area contributed by atoms with E-state index in [1.165, 1.54) is 0 Å².